The van der Waals surface area contributed by atoms with Crippen LogP contribution in [-0.4, -0.2) is 0 Å². The molecule has 0 nitrogen and oxygen atoms in total. The minimum Gasteiger partial charge on any atom is -0.0987 e. The van der Waals surface area contributed by atoms with Gasteiger partial charge in [0.25, 0.3) is 0 Å². The van der Waals surface area contributed by atoms with Crippen LogP contribution in [0.4, 0.5) is 0 Å². The van der Waals surface area contributed by atoms with Crippen LogP contribution in [0.5, 0.6) is 0 Å². The summed E-state index contributed by atoms with van der Waals surface area (Å²) in [6.45, 7) is 6.19. The van der Waals surface area contributed by atoms with E-state index in [0.717, 1.165) is 0 Å². The maximum Gasteiger partial charge on any atom is 0.0348 e. The standard InChI is InChI=1S/C18H16/c1-3-15-13(2)16-11-7-8-12-17(16)18(15)14-9-5-4-6-10-14/h3-12,18H,1H2,2H3. The summed E-state index contributed by atoms with van der Waals surface area (Å²) in [6, 6.07) is 19.3. The highest BCUT2D eigenvalue weighted by Crippen LogP contribution is 2.45. The molecule has 1 aliphatic rings. The van der Waals surface area contributed by atoms with Gasteiger partial charge in [0, 0.05) is 5.92 Å². The van der Waals surface area contributed by atoms with E-state index in [2.05, 4.69) is 68.1 Å². The first-order valence-corrected chi connectivity index (χ1v) is 6.30. The van der Waals surface area contributed by atoms with Crippen LogP contribution in [0.25, 0.3) is 5.57 Å². The van der Waals surface area contributed by atoms with Crippen molar-refractivity contribution in [3.8, 4) is 0 Å². The average Bonchev–Trinajstić information content (AvgIpc) is 2.73. The number of allylic oxidation sites excluding steroid dienone is 3. The third-order valence-corrected chi connectivity index (χ3v) is 3.77. The Bertz CT molecular complexity index is 617. The smallest absolute Gasteiger partial charge is 0.0348 e. The molecule has 2 aromatic carbocycles. The molecule has 3 rings (SSSR count). The molecule has 0 bridgehead atoms. The Labute approximate surface area is 108 Å². The van der Waals surface area contributed by atoms with Crippen molar-refractivity contribution in [2.75, 3.05) is 0 Å². The van der Waals surface area contributed by atoms with E-state index in [-0.39, 0.29) is 0 Å². The molecule has 0 spiro atoms. The number of benzene rings is 2. The average molecular weight is 232 g/mol. The van der Waals surface area contributed by atoms with Gasteiger partial charge in [-0.1, -0.05) is 67.3 Å². The van der Waals surface area contributed by atoms with Gasteiger partial charge in [-0.15, -0.1) is 0 Å². The number of rotatable bonds is 2. The van der Waals surface area contributed by atoms with Crippen LogP contribution in [0.2, 0.25) is 0 Å². The Hall–Kier alpha value is -2.08. The monoisotopic (exact) mass is 232 g/mol. The van der Waals surface area contributed by atoms with Crippen LogP contribution in [0, 0.1) is 0 Å². The molecular formula is C18H16. The molecule has 0 heteroatoms. The Morgan fingerprint density at radius 2 is 1.61 bits per heavy atom. The maximum atomic E-state index is 3.99. The molecule has 0 saturated carbocycles. The normalized spacial score (nSPS) is 17.7. The fraction of sp³-hybridized carbons (Fsp3) is 0.111. The van der Waals surface area contributed by atoms with Crippen molar-refractivity contribution in [1.82, 2.24) is 0 Å². The third-order valence-electron chi connectivity index (χ3n) is 3.77. The molecule has 0 aromatic heterocycles. The van der Waals surface area contributed by atoms with Gasteiger partial charge >= 0.3 is 0 Å². The second kappa shape index (κ2) is 4.30. The second-order valence-corrected chi connectivity index (χ2v) is 4.72. The summed E-state index contributed by atoms with van der Waals surface area (Å²) in [5.41, 5.74) is 6.80. The SMILES string of the molecule is C=CC1=C(C)c2ccccc2C1c1ccccc1. The van der Waals surface area contributed by atoms with Crippen molar-refractivity contribution in [2.24, 2.45) is 0 Å². The zero-order chi connectivity index (χ0) is 12.5. The molecule has 0 amide bonds. The van der Waals surface area contributed by atoms with Crippen molar-refractivity contribution in [3.05, 3.63) is 89.5 Å². The third kappa shape index (κ3) is 1.53. The van der Waals surface area contributed by atoms with Gasteiger partial charge in [0.05, 0.1) is 0 Å². The highest BCUT2D eigenvalue weighted by molar-refractivity contribution is 5.80. The van der Waals surface area contributed by atoms with Crippen LogP contribution in [0.3, 0.4) is 0 Å². The predicted octanol–water partition coefficient (Wildman–Crippen LogP) is 4.79. The lowest BCUT2D eigenvalue weighted by Crippen LogP contribution is -1.99. The van der Waals surface area contributed by atoms with Crippen LogP contribution in [-0.2, 0) is 0 Å². The van der Waals surface area contributed by atoms with Crippen molar-refractivity contribution >= 4 is 5.57 Å². The quantitative estimate of drug-likeness (QED) is 0.698. The molecule has 1 atom stereocenters. The van der Waals surface area contributed by atoms with Gasteiger partial charge in [-0.2, -0.15) is 0 Å². The molecule has 0 aliphatic heterocycles. The lowest BCUT2D eigenvalue weighted by Gasteiger charge is -2.15. The van der Waals surface area contributed by atoms with E-state index in [4.69, 9.17) is 0 Å². The van der Waals surface area contributed by atoms with Crippen LogP contribution >= 0.6 is 0 Å². The zero-order valence-electron chi connectivity index (χ0n) is 10.6. The minimum atomic E-state index is 0.347. The maximum absolute atomic E-state index is 3.99. The van der Waals surface area contributed by atoms with E-state index in [0.29, 0.717) is 5.92 Å². The number of hydrogen-bond donors (Lipinski definition) is 0. The van der Waals surface area contributed by atoms with Crippen molar-refractivity contribution in [3.63, 3.8) is 0 Å². The highest BCUT2D eigenvalue weighted by Gasteiger charge is 2.28. The summed E-state index contributed by atoms with van der Waals surface area (Å²) in [5.74, 6) is 0.347. The summed E-state index contributed by atoms with van der Waals surface area (Å²) in [7, 11) is 0. The fourth-order valence-corrected chi connectivity index (χ4v) is 2.91. The van der Waals surface area contributed by atoms with Gasteiger partial charge in [-0.3, -0.25) is 0 Å². The predicted molar refractivity (Wildman–Crippen MR) is 77.5 cm³/mol. The van der Waals surface area contributed by atoms with Crippen LogP contribution in [0.15, 0.2) is 72.8 Å². The topological polar surface area (TPSA) is 0 Å². The van der Waals surface area contributed by atoms with E-state index >= 15 is 0 Å². The molecule has 2 aromatic rings. The summed E-state index contributed by atoms with van der Waals surface area (Å²) >= 11 is 0. The van der Waals surface area contributed by atoms with E-state index in [1.165, 1.54) is 27.8 Å². The summed E-state index contributed by atoms with van der Waals surface area (Å²) in [6.07, 6.45) is 2.01. The minimum absolute atomic E-state index is 0.347. The van der Waals surface area contributed by atoms with Gasteiger partial charge in [-0.05, 0) is 34.8 Å². The van der Waals surface area contributed by atoms with Gasteiger partial charge in [0.1, 0.15) is 0 Å². The summed E-state index contributed by atoms with van der Waals surface area (Å²) < 4.78 is 0. The number of hydrogen-bond acceptors (Lipinski definition) is 0. The fourth-order valence-electron chi connectivity index (χ4n) is 2.91. The molecule has 0 radical (unpaired) electrons. The lowest BCUT2D eigenvalue weighted by atomic mass is 9.88. The van der Waals surface area contributed by atoms with Crippen molar-refractivity contribution in [1.29, 1.82) is 0 Å². The molecule has 1 unspecified atom stereocenters. The Balaban J connectivity index is 2.23. The van der Waals surface area contributed by atoms with Crippen LogP contribution in [0.1, 0.15) is 29.5 Å². The molecule has 0 N–H and O–H groups in total. The van der Waals surface area contributed by atoms with Crippen molar-refractivity contribution in [2.45, 2.75) is 12.8 Å². The van der Waals surface area contributed by atoms with Gasteiger partial charge in [0.2, 0.25) is 0 Å². The van der Waals surface area contributed by atoms with E-state index < -0.39 is 0 Å². The van der Waals surface area contributed by atoms with Crippen molar-refractivity contribution < 1.29 is 0 Å². The first-order valence-electron chi connectivity index (χ1n) is 6.30. The second-order valence-electron chi connectivity index (χ2n) is 4.72. The molecule has 18 heavy (non-hydrogen) atoms. The highest BCUT2D eigenvalue weighted by atomic mass is 14.3. The van der Waals surface area contributed by atoms with Gasteiger partial charge < -0.3 is 0 Å². The Morgan fingerprint density at radius 3 is 2.33 bits per heavy atom. The largest absolute Gasteiger partial charge is 0.0987 e. The van der Waals surface area contributed by atoms with Gasteiger partial charge in [-0.25, -0.2) is 0 Å². The number of fused-ring (bicyclic) bond motifs is 1. The van der Waals surface area contributed by atoms with E-state index in [1.807, 2.05) is 6.08 Å². The Morgan fingerprint density at radius 1 is 0.944 bits per heavy atom. The van der Waals surface area contributed by atoms with Gasteiger partial charge in [0.15, 0.2) is 0 Å². The van der Waals surface area contributed by atoms with Crippen LogP contribution < -0.4 is 0 Å². The lowest BCUT2D eigenvalue weighted by molar-refractivity contribution is 1.01. The molecule has 1 aliphatic carbocycles. The molecule has 0 fully saturated rings. The first kappa shape index (κ1) is 11.0. The first-order chi connectivity index (χ1) is 8.83. The molecule has 88 valence electrons. The van der Waals surface area contributed by atoms with E-state index in [1.54, 1.807) is 0 Å². The van der Waals surface area contributed by atoms with E-state index in [9.17, 15) is 0 Å². The summed E-state index contributed by atoms with van der Waals surface area (Å²) in [5, 5.41) is 0. The molecule has 0 heterocycles. The molecular weight excluding hydrogens is 216 g/mol. The summed E-state index contributed by atoms with van der Waals surface area (Å²) in [4.78, 5) is 0. The molecule has 0 saturated heterocycles. The zero-order valence-corrected chi connectivity index (χ0v) is 10.6. The Kier molecular flexibility index (Phi) is 2.64.